The first kappa shape index (κ1) is 24.2. The molecule has 0 bridgehead atoms. The van der Waals surface area contributed by atoms with Crippen LogP contribution in [0.4, 0.5) is 0 Å². The average molecular weight is 471 g/mol. The molecule has 0 aliphatic rings. The summed E-state index contributed by atoms with van der Waals surface area (Å²) in [7, 11) is 6.65. The molecule has 0 spiro atoms. The maximum Gasteiger partial charge on any atom is 0.118 e. The second-order valence-electron chi connectivity index (χ2n) is 7.99. The molecular formula is C30H30O5. The lowest BCUT2D eigenvalue weighted by molar-refractivity contribution is 0.0308. The van der Waals surface area contributed by atoms with Crippen molar-refractivity contribution in [2.24, 2.45) is 0 Å². The highest BCUT2D eigenvalue weighted by molar-refractivity contribution is 5.40. The van der Waals surface area contributed by atoms with Gasteiger partial charge in [0.15, 0.2) is 0 Å². The molecule has 0 saturated heterocycles. The predicted octanol–water partition coefficient (Wildman–Crippen LogP) is 6.62. The first-order valence-corrected chi connectivity index (χ1v) is 11.4. The Kier molecular flexibility index (Phi) is 7.91. The van der Waals surface area contributed by atoms with E-state index >= 15 is 0 Å². The van der Waals surface area contributed by atoms with Crippen molar-refractivity contribution in [3.63, 3.8) is 0 Å². The highest BCUT2D eigenvalue weighted by Gasteiger charge is 2.24. The Morgan fingerprint density at radius 3 is 0.714 bits per heavy atom. The smallest absolute Gasteiger partial charge is 0.118 e. The van der Waals surface area contributed by atoms with E-state index in [1.165, 1.54) is 0 Å². The van der Waals surface area contributed by atoms with Gasteiger partial charge in [-0.25, -0.2) is 0 Å². The van der Waals surface area contributed by atoms with Crippen LogP contribution in [0, 0.1) is 0 Å². The van der Waals surface area contributed by atoms with Gasteiger partial charge < -0.3 is 23.7 Å². The Bertz CT molecular complexity index is 992. The lowest BCUT2D eigenvalue weighted by Gasteiger charge is -2.27. The summed E-state index contributed by atoms with van der Waals surface area (Å²) in [6.07, 6.45) is -0.665. The van der Waals surface area contributed by atoms with Gasteiger partial charge in [0.05, 0.1) is 28.4 Å². The van der Waals surface area contributed by atoms with Crippen molar-refractivity contribution in [3.05, 3.63) is 119 Å². The van der Waals surface area contributed by atoms with Crippen LogP contribution in [-0.4, -0.2) is 28.4 Å². The molecule has 0 N–H and O–H groups in total. The molecule has 4 aromatic rings. The number of methoxy groups -OCH3 is 4. The monoisotopic (exact) mass is 470 g/mol. The van der Waals surface area contributed by atoms with Crippen molar-refractivity contribution in [2.75, 3.05) is 28.4 Å². The van der Waals surface area contributed by atoms with Crippen LogP contribution in [0.5, 0.6) is 23.0 Å². The molecule has 4 rings (SSSR count). The van der Waals surface area contributed by atoms with Crippen molar-refractivity contribution in [1.29, 1.82) is 0 Å². The number of ether oxygens (including phenoxy) is 5. The van der Waals surface area contributed by atoms with Crippen LogP contribution >= 0.6 is 0 Å². The molecule has 0 amide bonds. The Balaban J connectivity index is 1.77. The summed E-state index contributed by atoms with van der Waals surface area (Å²) >= 11 is 0. The predicted molar refractivity (Wildman–Crippen MR) is 137 cm³/mol. The number of hydrogen-bond acceptors (Lipinski definition) is 5. The second-order valence-corrected chi connectivity index (χ2v) is 7.99. The third-order valence-corrected chi connectivity index (χ3v) is 5.95. The molecule has 0 aromatic heterocycles. The van der Waals surface area contributed by atoms with Crippen LogP contribution in [-0.2, 0) is 4.74 Å². The fourth-order valence-electron chi connectivity index (χ4n) is 3.95. The van der Waals surface area contributed by atoms with E-state index < -0.39 is 0 Å². The third-order valence-electron chi connectivity index (χ3n) is 5.95. The van der Waals surface area contributed by atoms with Crippen molar-refractivity contribution in [3.8, 4) is 23.0 Å². The molecule has 4 aromatic carbocycles. The molecule has 0 aliphatic heterocycles. The van der Waals surface area contributed by atoms with E-state index in [2.05, 4.69) is 0 Å². The molecule has 35 heavy (non-hydrogen) atoms. The zero-order valence-corrected chi connectivity index (χ0v) is 20.4. The van der Waals surface area contributed by atoms with Gasteiger partial charge in [-0.2, -0.15) is 0 Å². The van der Waals surface area contributed by atoms with Crippen LogP contribution in [0.2, 0.25) is 0 Å². The molecule has 0 radical (unpaired) electrons. The van der Waals surface area contributed by atoms with Gasteiger partial charge in [-0.1, -0.05) is 48.5 Å². The minimum absolute atomic E-state index is 0.332. The molecule has 5 heteroatoms. The molecule has 0 unspecified atom stereocenters. The van der Waals surface area contributed by atoms with Gasteiger partial charge in [0.2, 0.25) is 0 Å². The molecule has 0 heterocycles. The van der Waals surface area contributed by atoms with E-state index in [1.807, 2.05) is 97.1 Å². The standard InChI is InChI=1S/C30H30O5/c1-31-25-13-5-21(6-14-25)29(22-7-15-26(32-2)16-8-22)35-30(23-9-17-27(33-3)18-10-23)24-11-19-28(34-4)20-12-24/h5-20,29-30H,1-4H3. The maximum atomic E-state index is 6.93. The van der Waals surface area contributed by atoms with Crippen LogP contribution in [0.25, 0.3) is 0 Å². The quantitative estimate of drug-likeness (QED) is 0.261. The van der Waals surface area contributed by atoms with E-state index in [4.69, 9.17) is 23.7 Å². The van der Waals surface area contributed by atoms with Gasteiger partial charge in [0, 0.05) is 0 Å². The fourth-order valence-corrected chi connectivity index (χ4v) is 3.95. The lowest BCUT2D eigenvalue weighted by atomic mass is 9.97. The van der Waals surface area contributed by atoms with E-state index in [9.17, 15) is 0 Å². The zero-order chi connectivity index (χ0) is 24.6. The Morgan fingerprint density at radius 1 is 0.343 bits per heavy atom. The average Bonchev–Trinajstić information content (AvgIpc) is 2.94. The third kappa shape index (κ3) is 5.76. The van der Waals surface area contributed by atoms with Crippen LogP contribution in [0.3, 0.4) is 0 Å². The first-order chi connectivity index (χ1) is 17.1. The van der Waals surface area contributed by atoms with Gasteiger partial charge in [-0.05, 0) is 70.8 Å². The first-order valence-electron chi connectivity index (χ1n) is 11.4. The van der Waals surface area contributed by atoms with Crippen LogP contribution < -0.4 is 18.9 Å². The van der Waals surface area contributed by atoms with Gasteiger partial charge in [-0.15, -0.1) is 0 Å². The molecule has 0 aliphatic carbocycles. The Morgan fingerprint density at radius 2 is 0.543 bits per heavy atom. The summed E-state index contributed by atoms with van der Waals surface area (Å²) in [6, 6.07) is 31.9. The number of benzene rings is 4. The highest BCUT2D eigenvalue weighted by Crippen LogP contribution is 2.38. The largest absolute Gasteiger partial charge is 0.497 e. The van der Waals surface area contributed by atoms with Gasteiger partial charge in [0.1, 0.15) is 35.2 Å². The minimum atomic E-state index is -0.332. The van der Waals surface area contributed by atoms with Crippen molar-refractivity contribution in [2.45, 2.75) is 12.2 Å². The van der Waals surface area contributed by atoms with E-state index in [-0.39, 0.29) is 12.2 Å². The van der Waals surface area contributed by atoms with Crippen LogP contribution in [0.1, 0.15) is 34.5 Å². The van der Waals surface area contributed by atoms with Gasteiger partial charge in [-0.3, -0.25) is 0 Å². The lowest BCUT2D eigenvalue weighted by Crippen LogP contribution is -2.13. The second kappa shape index (κ2) is 11.4. The minimum Gasteiger partial charge on any atom is -0.497 e. The molecule has 180 valence electrons. The summed E-state index contributed by atoms with van der Waals surface area (Å²) in [6.45, 7) is 0. The van der Waals surface area contributed by atoms with Crippen molar-refractivity contribution < 1.29 is 23.7 Å². The molecule has 0 fully saturated rings. The highest BCUT2D eigenvalue weighted by atomic mass is 16.5. The summed E-state index contributed by atoms with van der Waals surface area (Å²) in [5, 5.41) is 0. The Labute approximate surface area is 206 Å². The summed E-state index contributed by atoms with van der Waals surface area (Å²) in [4.78, 5) is 0. The van der Waals surface area contributed by atoms with Crippen LogP contribution in [0.15, 0.2) is 97.1 Å². The normalized spacial score (nSPS) is 10.9. The molecule has 0 atom stereocenters. The topological polar surface area (TPSA) is 46.2 Å². The zero-order valence-electron chi connectivity index (χ0n) is 20.4. The van der Waals surface area contributed by atoms with E-state index in [0.717, 1.165) is 45.3 Å². The SMILES string of the molecule is COc1ccc(C(OC(c2ccc(OC)cc2)c2ccc(OC)cc2)c2ccc(OC)cc2)cc1. The van der Waals surface area contributed by atoms with E-state index in [0.29, 0.717) is 0 Å². The summed E-state index contributed by atoms with van der Waals surface area (Å²) < 4.78 is 28.4. The molecule has 0 saturated carbocycles. The maximum absolute atomic E-state index is 6.93. The number of rotatable bonds is 10. The molecular weight excluding hydrogens is 440 g/mol. The summed E-state index contributed by atoms with van der Waals surface area (Å²) in [5.74, 6) is 3.18. The van der Waals surface area contributed by atoms with Gasteiger partial charge in [0.25, 0.3) is 0 Å². The summed E-state index contributed by atoms with van der Waals surface area (Å²) in [5.41, 5.74) is 4.07. The van der Waals surface area contributed by atoms with Crippen molar-refractivity contribution >= 4 is 0 Å². The Hall–Kier alpha value is -3.96. The van der Waals surface area contributed by atoms with E-state index in [1.54, 1.807) is 28.4 Å². The fraction of sp³-hybridized carbons (Fsp3) is 0.200. The molecule has 5 nitrogen and oxygen atoms in total. The van der Waals surface area contributed by atoms with Crippen molar-refractivity contribution in [1.82, 2.24) is 0 Å². The number of hydrogen-bond donors (Lipinski definition) is 0. The van der Waals surface area contributed by atoms with Gasteiger partial charge >= 0.3 is 0 Å².